The summed E-state index contributed by atoms with van der Waals surface area (Å²) >= 11 is 0. The van der Waals surface area contributed by atoms with Crippen molar-refractivity contribution in [2.75, 3.05) is 13.6 Å². The second-order valence-electron chi connectivity index (χ2n) is 7.06. The molecule has 0 radical (unpaired) electrons. The lowest BCUT2D eigenvalue weighted by Crippen LogP contribution is -2.50. The fourth-order valence-corrected chi connectivity index (χ4v) is 3.86. The average Bonchev–Trinajstić information content (AvgIpc) is 3.15. The molecule has 0 spiro atoms. The minimum absolute atomic E-state index is 0.356. The Balaban J connectivity index is 1.64. The molecule has 0 aromatic heterocycles. The van der Waals surface area contributed by atoms with Gasteiger partial charge in [-0.15, -0.1) is 0 Å². The molecule has 2 nitrogen and oxygen atoms in total. The average molecular weight is 272 g/mol. The van der Waals surface area contributed by atoms with Gasteiger partial charge in [0.05, 0.1) is 0 Å². The molecule has 1 aromatic rings. The molecular formula is C18H28N2. The van der Waals surface area contributed by atoms with Gasteiger partial charge >= 0.3 is 0 Å². The van der Waals surface area contributed by atoms with E-state index in [0.29, 0.717) is 18.0 Å². The van der Waals surface area contributed by atoms with Gasteiger partial charge in [0.15, 0.2) is 0 Å². The number of likely N-dealkylation sites (N-methyl/N-ethyl adjacent to an activating group) is 1. The fourth-order valence-electron chi connectivity index (χ4n) is 3.86. The Bertz CT molecular complexity index is 430. The molecule has 20 heavy (non-hydrogen) atoms. The molecule has 2 fully saturated rings. The Morgan fingerprint density at radius 3 is 2.50 bits per heavy atom. The molecule has 0 heterocycles. The zero-order valence-electron chi connectivity index (χ0n) is 12.8. The van der Waals surface area contributed by atoms with E-state index < -0.39 is 0 Å². The minimum atomic E-state index is 0.356. The lowest BCUT2D eigenvalue weighted by atomic mass is 9.78. The Labute approximate surface area is 123 Å². The summed E-state index contributed by atoms with van der Waals surface area (Å²) in [5.74, 6) is 2.55. The van der Waals surface area contributed by atoms with Crippen molar-refractivity contribution < 1.29 is 0 Å². The summed E-state index contributed by atoms with van der Waals surface area (Å²) in [4.78, 5) is 2.55. The van der Waals surface area contributed by atoms with Crippen LogP contribution in [0.15, 0.2) is 30.3 Å². The molecule has 0 saturated heterocycles. The van der Waals surface area contributed by atoms with Crippen LogP contribution in [0.2, 0.25) is 0 Å². The summed E-state index contributed by atoms with van der Waals surface area (Å²) in [6.07, 6.45) is 5.04. The first-order valence-electron chi connectivity index (χ1n) is 8.16. The molecule has 2 aliphatic carbocycles. The van der Waals surface area contributed by atoms with Crippen molar-refractivity contribution in [1.82, 2.24) is 4.90 Å². The van der Waals surface area contributed by atoms with Gasteiger partial charge in [-0.3, -0.25) is 0 Å². The normalized spacial score (nSPS) is 37.1. The molecule has 2 N–H and O–H groups in total. The largest absolute Gasteiger partial charge is 0.326 e. The maximum atomic E-state index is 6.41. The van der Waals surface area contributed by atoms with Crippen molar-refractivity contribution in [2.24, 2.45) is 17.6 Å². The van der Waals surface area contributed by atoms with Gasteiger partial charge in [-0.1, -0.05) is 37.3 Å². The minimum Gasteiger partial charge on any atom is -0.326 e. The van der Waals surface area contributed by atoms with Crippen molar-refractivity contribution in [3.63, 3.8) is 0 Å². The van der Waals surface area contributed by atoms with Gasteiger partial charge in [0, 0.05) is 18.6 Å². The highest BCUT2D eigenvalue weighted by molar-refractivity contribution is 5.21. The topological polar surface area (TPSA) is 29.3 Å². The maximum Gasteiger partial charge on any atom is 0.0250 e. The van der Waals surface area contributed by atoms with Gasteiger partial charge in [0.1, 0.15) is 0 Å². The second-order valence-corrected chi connectivity index (χ2v) is 7.06. The van der Waals surface area contributed by atoms with Crippen LogP contribution in [0.5, 0.6) is 0 Å². The van der Waals surface area contributed by atoms with Crippen LogP contribution < -0.4 is 5.73 Å². The monoisotopic (exact) mass is 272 g/mol. The third-order valence-corrected chi connectivity index (χ3v) is 5.50. The molecular weight excluding hydrogens is 244 g/mol. The fraction of sp³-hybridized carbons (Fsp3) is 0.667. The van der Waals surface area contributed by atoms with E-state index in [1.54, 1.807) is 0 Å². The molecule has 2 heteroatoms. The van der Waals surface area contributed by atoms with E-state index in [4.69, 9.17) is 5.73 Å². The van der Waals surface area contributed by atoms with Gasteiger partial charge in [-0.05, 0) is 56.0 Å². The summed E-state index contributed by atoms with van der Waals surface area (Å²) in [5.41, 5.74) is 7.91. The molecule has 110 valence electrons. The highest BCUT2D eigenvalue weighted by Gasteiger charge is 2.37. The van der Waals surface area contributed by atoms with E-state index in [9.17, 15) is 0 Å². The quantitative estimate of drug-likeness (QED) is 0.911. The summed E-state index contributed by atoms with van der Waals surface area (Å²) in [5, 5.41) is 0. The third-order valence-electron chi connectivity index (χ3n) is 5.50. The van der Waals surface area contributed by atoms with Crippen LogP contribution in [0.1, 0.15) is 44.1 Å². The molecule has 0 bridgehead atoms. The molecule has 2 saturated carbocycles. The van der Waals surface area contributed by atoms with Gasteiger partial charge in [0.25, 0.3) is 0 Å². The first-order chi connectivity index (χ1) is 9.65. The van der Waals surface area contributed by atoms with Crippen molar-refractivity contribution in [3.8, 4) is 0 Å². The van der Waals surface area contributed by atoms with Crippen LogP contribution >= 0.6 is 0 Å². The SMILES string of the molecule is CC1CC1CN(C)C1CC(c2ccccc2)CCC1N. The molecule has 3 rings (SSSR count). The van der Waals surface area contributed by atoms with E-state index in [0.717, 1.165) is 18.3 Å². The first-order valence-corrected chi connectivity index (χ1v) is 8.16. The Morgan fingerprint density at radius 2 is 1.85 bits per heavy atom. The number of nitrogens with two attached hydrogens (primary N) is 1. The summed E-state index contributed by atoms with van der Waals surface area (Å²) in [7, 11) is 2.28. The van der Waals surface area contributed by atoms with Gasteiger partial charge < -0.3 is 10.6 Å². The van der Waals surface area contributed by atoms with Crippen LogP contribution in [0.25, 0.3) is 0 Å². The van der Waals surface area contributed by atoms with Gasteiger partial charge in [-0.2, -0.15) is 0 Å². The van der Waals surface area contributed by atoms with E-state index in [2.05, 4.69) is 49.2 Å². The lowest BCUT2D eigenvalue weighted by molar-refractivity contribution is 0.150. The number of hydrogen-bond donors (Lipinski definition) is 1. The zero-order valence-corrected chi connectivity index (χ0v) is 12.8. The summed E-state index contributed by atoms with van der Waals surface area (Å²) in [6, 6.07) is 11.9. The lowest BCUT2D eigenvalue weighted by Gasteiger charge is -2.40. The Morgan fingerprint density at radius 1 is 1.15 bits per heavy atom. The van der Waals surface area contributed by atoms with E-state index in [-0.39, 0.29) is 0 Å². The first kappa shape index (κ1) is 14.1. The predicted octanol–water partition coefficient (Wildman–Crippen LogP) is 3.24. The molecule has 5 unspecified atom stereocenters. The Hall–Kier alpha value is -0.860. The third kappa shape index (κ3) is 3.07. The van der Waals surface area contributed by atoms with Gasteiger partial charge in [0.2, 0.25) is 0 Å². The Kier molecular flexibility index (Phi) is 4.13. The van der Waals surface area contributed by atoms with E-state index in [1.807, 2.05) is 0 Å². The van der Waals surface area contributed by atoms with Crippen molar-refractivity contribution in [2.45, 2.75) is 50.6 Å². The molecule has 0 amide bonds. The molecule has 2 aliphatic rings. The van der Waals surface area contributed by atoms with E-state index >= 15 is 0 Å². The highest BCUT2D eigenvalue weighted by atomic mass is 15.2. The predicted molar refractivity (Wildman–Crippen MR) is 84.7 cm³/mol. The second kappa shape index (κ2) is 5.87. The van der Waals surface area contributed by atoms with Crippen molar-refractivity contribution in [1.29, 1.82) is 0 Å². The van der Waals surface area contributed by atoms with Crippen LogP contribution in [-0.2, 0) is 0 Å². The maximum absolute atomic E-state index is 6.41. The molecule has 0 aliphatic heterocycles. The molecule has 1 aromatic carbocycles. The zero-order chi connectivity index (χ0) is 14.1. The summed E-state index contributed by atoms with van der Waals surface area (Å²) < 4.78 is 0. The number of nitrogens with zero attached hydrogens (tertiary/aromatic N) is 1. The van der Waals surface area contributed by atoms with Crippen molar-refractivity contribution >= 4 is 0 Å². The number of benzene rings is 1. The smallest absolute Gasteiger partial charge is 0.0250 e. The number of rotatable bonds is 4. The number of hydrogen-bond acceptors (Lipinski definition) is 2. The van der Waals surface area contributed by atoms with Crippen LogP contribution in [0, 0.1) is 11.8 Å². The van der Waals surface area contributed by atoms with E-state index in [1.165, 1.54) is 31.4 Å². The van der Waals surface area contributed by atoms with Crippen LogP contribution in [0.3, 0.4) is 0 Å². The molecule has 5 atom stereocenters. The van der Waals surface area contributed by atoms with Crippen molar-refractivity contribution in [3.05, 3.63) is 35.9 Å². The van der Waals surface area contributed by atoms with Crippen LogP contribution in [-0.4, -0.2) is 30.6 Å². The highest BCUT2D eigenvalue weighted by Crippen LogP contribution is 2.40. The van der Waals surface area contributed by atoms with Crippen LogP contribution in [0.4, 0.5) is 0 Å². The standard InChI is InChI=1S/C18H28N2/c1-13-10-16(13)12-20(2)18-11-15(8-9-17(18)19)14-6-4-3-5-7-14/h3-7,13,15-18H,8-12,19H2,1-2H3. The summed E-state index contributed by atoms with van der Waals surface area (Å²) in [6.45, 7) is 3.60. The van der Waals surface area contributed by atoms with Gasteiger partial charge in [-0.25, -0.2) is 0 Å².